The van der Waals surface area contributed by atoms with Crippen LogP contribution in [0.4, 0.5) is 0 Å². The maximum Gasteiger partial charge on any atom is 0.326 e. The maximum atomic E-state index is 12.7. The summed E-state index contributed by atoms with van der Waals surface area (Å²) < 4.78 is 0. The number of rotatable bonds is 11. The molecule has 1 rings (SSSR count). The molecular weight excluding hydrogens is 396 g/mol. The fraction of sp³-hybridized carbons (Fsp3) is 0.789. The number of aliphatic carboxylic acids is 1. The second-order valence-electron chi connectivity index (χ2n) is 8.15. The van der Waals surface area contributed by atoms with E-state index < -0.39 is 35.9 Å². The second kappa shape index (κ2) is 12.0. The first-order valence-corrected chi connectivity index (χ1v) is 10.7. The minimum absolute atomic E-state index is 0.00542. The molecule has 0 saturated carbocycles. The molecule has 1 fully saturated rings. The number of hydrogen-bond acceptors (Lipinski definition) is 6. The van der Waals surface area contributed by atoms with E-state index in [1.165, 1.54) is 0 Å². The summed E-state index contributed by atoms with van der Waals surface area (Å²) >= 11 is 4.11. The van der Waals surface area contributed by atoms with Crippen LogP contribution in [0.15, 0.2) is 0 Å². The van der Waals surface area contributed by atoms with Crippen LogP contribution in [0.5, 0.6) is 0 Å². The summed E-state index contributed by atoms with van der Waals surface area (Å²) in [6, 6.07) is -3.19. The Morgan fingerprint density at radius 1 is 1.03 bits per heavy atom. The molecule has 5 N–H and O–H groups in total. The molecule has 4 unspecified atom stereocenters. The number of thiol groups is 1. The Kier molecular flexibility index (Phi) is 10.5. The van der Waals surface area contributed by atoms with Gasteiger partial charge >= 0.3 is 5.97 Å². The molecule has 4 atom stereocenters. The molecule has 0 bridgehead atoms. The highest BCUT2D eigenvalue weighted by Gasteiger charge is 2.32. The molecular formula is C19H34N4O5S. The van der Waals surface area contributed by atoms with Crippen molar-refractivity contribution in [2.45, 2.75) is 71.1 Å². The molecule has 0 aliphatic carbocycles. The molecule has 1 saturated heterocycles. The van der Waals surface area contributed by atoms with Crippen LogP contribution in [0.25, 0.3) is 0 Å². The van der Waals surface area contributed by atoms with E-state index in [1.807, 2.05) is 13.8 Å². The van der Waals surface area contributed by atoms with Gasteiger partial charge in [0.05, 0.1) is 6.04 Å². The number of carboxylic acid groups (broad SMARTS) is 1. The lowest BCUT2D eigenvalue weighted by Crippen LogP contribution is -2.58. The number of carboxylic acids is 1. The summed E-state index contributed by atoms with van der Waals surface area (Å²) in [6.07, 6.45) is 1.89. The van der Waals surface area contributed by atoms with E-state index in [0.29, 0.717) is 6.42 Å². The van der Waals surface area contributed by atoms with Crippen LogP contribution in [0, 0.1) is 11.8 Å². The summed E-state index contributed by atoms with van der Waals surface area (Å²) in [4.78, 5) is 49.0. The second-order valence-corrected chi connectivity index (χ2v) is 8.52. The Morgan fingerprint density at radius 2 is 1.66 bits per heavy atom. The van der Waals surface area contributed by atoms with Crippen LogP contribution in [0.1, 0.15) is 47.0 Å². The summed E-state index contributed by atoms with van der Waals surface area (Å²) in [7, 11) is 0. The van der Waals surface area contributed by atoms with Crippen LogP contribution < -0.4 is 21.3 Å². The fourth-order valence-electron chi connectivity index (χ4n) is 3.12. The van der Waals surface area contributed by atoms with E-state index in [1.54, 1.807) is 13.8 Å². The van der Waals surface area contributed by atoms with Crippen molar-refractivity contribution in [1.29, 1.82) is 0 Å². The van der Waals surface area contributed by atoms with Gasteiger partial charge in [0.1, 0.15) is 18.1 Å². The van der Waals surface area contributed by atoms with E-state index in [9.17, 15) is 24.3 Å². The third-order valence-electron chi connectivity index (χ3n) is 4.76. The molecule has 3 amide bonds. The van der Waals surface area contributed by atoms with Crippen molar-refractivity contribution in [3.8, 4) is 0 Å². The monoisotopic (exact) mass is 430 g/mol. The normalized spacial score (nSPS) is 19.5. The average molecular weight is 431 g/mol. The first-order valence-electron chi connectivity index (χ1n) is 10.0. The van der Waals surface area contributed by atoms with E-state index >= 15 is 0 Å². The molecule has 1 aliphatic rings. The summed E-state index contributed by atoms with van der Waals surface area (Å²) in [6.45, 7) is 8.07. The molecule has 0 spiro atoms. The molecule has 0 aromatic heterocycles. The van der Waals surface area contributed by atoms with Gasteiger partial charge in [-0.15, -0.1) is 0 Å². The summed E-state index contributed by atoms with van der Waals surface area (Å²) in [5, 5.41) is 20.2. The highest BCUT2D eigenvalue weighted by molar-refractivity contribution is 7.80. The van der Waals surface area contributed by atoms with Crippen molar-refractivity contribution in [2.24, 2.45) is 11.8 Å². The predicted molar refractivity (Wildman–Crippen MR) is 113 cm³/mol. The Labute approximate surface area is 177 Å². The van der Waals surface area contributed by atoms with Gasteiger partial charge in [-0.05, 0) is 37.6 Å². The molecule has 166 valence electrons. The van der Waals surface area contributed by atoms with E-state index in [2.05, 4.69) is 33.9 Å². The SMILES string of the molecule is CC(C)CC(NC(=O)C(CS)NC(=O)C(NC(=O)C1CCCN1)C(C)C)C(=O)O. The first-order chi connectivity index (χ1) is 13.6. The van der Waals surface area contributed by atoms with Crippen LogP contribution in [-0.2, 0) is 19.2 Å². The fourth-order valence-corrected chi connectivity index (χ4v) is 3.38. The smallest absolute Gasteiger partial charge is 0.326 e. The highest BCUT2D eigenvalue weighted by atomic mass is 32.1. The molecule has 10 heteroatoms. The van der Waals surface area contributed by atoms with Gasteiger partial charge in [-0.2, -0.15) is 12.6 Å². The number of amides is 3. The van der Waals surface area contributed by atoms with E-state index in [0.717, 1.165) is 13.0 Å². The highest BCUT2D eigenvalue weighted by Crippen LogP contribution is 2.09. The number of carbonyl (C=O) groups excluding carboxylic acids is 3. The summed E-state index contributed by atoms with van der Waals surface area (Å²) in [5.41, 5.74) is 0. The molecule has 0 radical (unpaired) electrons. The molecule has 0 aromatic carbocycles. The van der Waals surface area contributed by atoms with Crippen LogP contribution in [0.3, 0.4) is 0 Å². The zero-order chi connectivity index (χ0) is 22.1. The molecule has 1 heterocycles. The lowest BCUT2D eigenvalue weighted by atomic mass is 10.0. The van der Waals surface area contributed by atoms with Crippen LogP contribution in [-0.4, -0.2) is 65.3 Å². The third-order valence-corrected chi connectivity index (χ3v) is 5.13. The Morgan fingerprint density at radius 3 is 2.10 bits per heavy atom. The Balaban J connectivity index is 2.75. The molecule has 1 aliphatic heterocycles. The van der Waals surface area contributed by atoms with Gasteiger partial charge < -0.3 is 26.4 Å². The van der Waals surface area contributed by atoms with Gasteiger partial charge in [0.2, 0.25) is 17.7 Å². The predicted octanol–water partition coefficient (Wildman–Crippen LogP) is -0.0907. The largest absolute Gasteiger partial charge is 0.480 e. The van der Waals surface area contributed by atoms with Gasteiger partial charge in [-0.3, -0.25) is 14.4 Å². The number of nitrogens with one attached hydrogen (secondary N) is 4. The lowest BCUT2D eigenvalue weighted by Gasteiger charge is -2.26. The van der Waals surface area contributed by atoms with Crippen LogP contribution >= 0.6 is 12.6 Å². The topological polar surface area (TPSA) is 137 Å². The Hall–Kier alpha value is -1.81. The Bertz CT molecular complexity index is 593. The van der Waals surface area contributed by atoms with Crippen molar-refractivity contribution in [1.82, 2.24) is 21.3 Å². The van der Waals surface area contributed by atoms with Crippen LogP contribution in [0.2, 0.25) is 0 Å². The minimum Gasteiger partial charge on any atom is -0.480 e. The minimum atomic E-state index is -1.13. The summed E-state index contributed by atoms with van der Waals surface area (Å²) in [5.74, 6) is -2.63. The lowest BCUT2D eigenvalue weighted by molar-refractivity contribution is -0.142. The van der Waals surface area contributed by atoms with Gasteiger partial charge in [-0.25, -0.2) is 4.79 Å². The van der Waals surface area contributed by atoms with Crippen molar-refractivity contribution in [3.05, 3.63) is 0 Å². The van der Waals surface area contributed by atoms with Crippen molar-refractivity contribution >= 4 is 36.3 Å². The quantitative estimate of drug-likeness (QED) is 0.254. The molecule has 0 aromatic rings. The zero-order valence-corrected chi connectivity index (χ0v) is 18.4. The van der Waals surface area contributed by atoms with Crippen molar-refractivity contribution < 1.29 is 24.3 Å². The van der Waals surface area contributed by atoms with E-state index in [-0.39, 0.29) is 36.0 Å². The standard InChI is InChI=1S/C19H34N4O5S/c1-10(2)8-13(19(27)28)21-17(25)14(9-29)22-18(26)15(11(3)4)23-16(24)12-6-5-7-20-12/h10-15,20,29H,5-9H2,1-4H3,(H,21,25)(H,22,26)(H,23,24)(H,27,28). The van der Waals surface area contributed by atoms with Gasteiger partial charge in [0.25, 0.3) is 0 Å². The third kappa shape index (κ3) is 8.22. The average Bonchev–Trinajstić information content (AvgIpc) is 3.17. The van der Waals surface area contributed by atoms with Gasteiger partial charge in [0.15, 0.2) is 0 Å². The number of hydrogen-bond donors (Lipinski definition) is 6. The number of carbonyl (C=O) groups is 4. The molecule has 29 heavy (non-hydrogen) atoms. The van der Waals surface area contributed by atoms with E-state index in [4.69, 9.17) is 0 Å². The molecule has 9 nitrogen and oxygen atoms in total. The van der Waals surface area contributed by atoms with Gasteiger partial charge in [-0.1, -0.05) is 27.7 Å². The van der Waals surface area contributed by atoms with Gasteiger partial charge in [0, 0.05) is 5.75 Å². The van der Waals surface area contributed by atoms with Crippen molar-refractivity contribution in [3.63, 3.8) is 0 Å². The maximum absolute atomic E-state index is 12.7. The first kappa shape index (κ1) is 25.2. The van der Waals surface area contributed by atoms with Crippen molar-refractivity contribution in [2.75, 3.05) is 12.3 Å². The zero-order valence-electron chi connectivity index (χ0n) is 17.5.